The largest absolute Gasteiger partial charge is 0.379 e. The van der Waals surface area contributed by atoms with Gasteiger partial charge < -0.3 is 9.47 Å². The highest BCUT2D eigenvalue weighted by atomic mass is 32.1. The zero-order valence-electron chi connectivity index (χ0n) is 19.2. The number of aryl methyl sites for hydroxylation is 1. The number of ether oxygens (including phenoxy) is 2. The molecule has 0 unspecified atom stereocenters. The Balaban J connectivity index is 1.87. The molecule has 9 heteroatoms. The molecule has 1 aromatic rings. The zero-order valence-corrected chi connectivity index (χ0v) is 20.9. The van der Waals surface area contributed by atoms with Gasteiger partial charge in [-0.25, -0.2) is 4.74 Å². The highest BCUT2D eigenvalue weighted by molar-refractivity contribution is 7.81. The molecule has 0 amide bonds. The van der Waals surface area contributed by atoms with E-state index in [4.69, 9.17) is 26.4 Å². The molecule has 2 aliphatic rings. The van der Waals surface area contributed by atoms with Crippen LogP contribution < -0.4 is 5.43 Å². The average molecular weight is 466 g/mol. The molecule has 2 heterocycles. The van der Waals surface area contributed by atoms with Crippen LogP contribution in [0, 0.1) is 0 Å². The predicted octanol–water partition coefficient (Wildman–Crippen LogP) is 3.95. The van der Waals surface area contributed by atoms with E-state index in [0.29, 0.717) is 5.11 Å². The molecule has 0 aliphatic carbocycles. The maximum absolute atomic E-state index is 5.69. The van der Waals surface area contributed by atoms with E-state index in [2.05, 4.69) is 71.8 Å². The zero-order chi connectivity index (χ0) is 22.3. The van der Waals surface area contributed by atoms with Crippen molar-refractivity contribution in [3.63, 3.8) is 0 Å². The van der Waals surface area contributed by atoms with Crippen LogP contribution in [0.15, 0.2) is 34.1 Å². The third kappa shape index (κ3) is 6.01. The van der Waals surface area contributed by atoms with Gasteiger partial charge in [0.1, 0.15) is 7.36 Å². The number of thiocarbonyl (C=S) groups is 1. The first-order valence-corrected chi connectivity index (χ1v) is 13.1. The summed E-state index contributed by atoms with van der Waals surface area (Å²) in [6, 6.07) is 8.38. The molecule has 0 bridgehead atoms. The van der Waals surface area contributed by atoms with Crippen molar-refractivity contribution in [2.24, 2.45) is 9.85 Å². The highest BCUT2D eigenvalue weighted by Gasteiger charge is 2.45. The van der Waals surface area contributed by atoms with Crippen LogP contribution in [-0.2, 0) is 15.9 Å². The Morgan fingerprint density at radius 1 is 1.03 bits per heavy atom. The third-order valence-corrected chi connectivity index (χ3v) is 10.6. The molecular weight excluding hydrogens is 429 g/mol. The quantitative estimate of drug-likeness (QED) is 0.308. The lowest BCUT2D eigenvalue weighted by atomic mass is 10.1. The summed E-state index contributed by atoms with van der Waals surface area (Å²) in [6.07, 6.45) is 2.82. The Hall–Kier alpha value is -1.15. The van der Waals surface area contributed by atoms with Crippen molar-refractivity contribution in [2.45, 2.75) is 39.3 Å². The fourth-order valence-electron chi connectivity index (χ4n) is 4.12. The number of hydrogen-bond acceptors (Lipinski definition) is 4. The maximum atomic E-state index is 5.69. The monoisotopic (exact) mass is 465 g/mol. The summed E-state index contributed by atoms with van der Waals surface area (Å²) in [7, 11) is -2.16. The minimum Gasteiger partial charge on any atom is -0.379 e. The van der Waals surface area contributed by atoms with Crippen molar-refractivity contribution in [3.8, 4) is 0 Å². The molecule has 7 nitrogen and oxygen atoms in total. The summed E-state index contributed by atoms with van der Waals surface area (Å²) in [4.78, 5) is 0. The molecule has 2 saturated heterocycles. The summed E-state index contributed by atoms with van der Waals surface area (Å²) in [5, 5.41) is 4.73. The van der Waals surface area contributed by atoms with Crippen molar-refractivity contribution in [2.75, 3.05) is 52.6 Å². The highest BCUT2D eigenvalue weighted by Crippen LogP contribution is 2.66. The number of hydrogen-bond donors (Lipinski definition) is 1. The topological polar surface area (TPSA) is 61.7 Å². The molecule has 0 radical (unpaired) electrons. The van der Waals surface area contributed by atoms with E-state index < -0.39 is 7.36 Å². The molecule has 0 atom stereocenters. The van der Waals surface area contributed by atoms with Gasteiger partial charge in [0.25, 0.3) is 0 Å². The molecule has 1 aromatic carbocycles. The van der Waals surface area contributed by atoms with Gasteiger partial charge in [-0.05, 0) is 29.8 Å². The standard InChI is InChI=1S/C22H36N5O2PS/c1-5-19-6-8-20(9-7-19)18-23-24-21(31)25-30(22(2,3)4,26-10-14-28-15-11-26)27-12-16-29-17-13-27/h6-9,18H,5,10-17H2,1-4H3,(H,24,31)/b23-18+. The number of morpholine rings is 2. The van der Waals surface area contributed by atoms with Gasteiger partial charge in [-0.3, -0.25) is 14.8 Å². The van der Waals surface area contributed by atoms with Gasteiger partial charge >= 0.3 is 0 Å². The third-order valence-electron chi connectivity index (χ3n) is 5.66. The first-order valence-electron chi connectivity index (χ1n) is 11.1. The van der Waals surface area contributed by atoms with Crippen LogP contribution in [0.2, 0.25) is 0 Å². The number of nitrogens with one attached hydrogen (secondary N) is 1. The van der Waals surface area contributed by atoms with Gasteiger partial charge in [0.05, 0.1) is 32.6 Å². The molecule has 0 saturated carbocycles. The molecular formula is C22H36N5O2PS. The van der Waals surface area contributed by atoms with E-state index in [1.54, 1.807) is 6.21 Å². The second kappa shape index (κ2) is 11.1. The van der Waals surface area contributed by atoms with E-state index in [1.807, 2.05) is 0 Å². The Bertz CT molecular complexity index is 788. The summed E-state index contributed by atoms with van der Waals surface area (Å²) < 4.78 is 21.6. The van der Waals surface area contributed by atoms with Crippen LogP contribution in [0.1, 0.15) is 38.8 Å². The van der Waals surface area contributed by atoms with Crippen LogP contribution in [0.25, 0.3) is 0 Å². The normalized spacial score (nSPS) is 19.5. The van der Waals surface area contributed by atoms with Crippen molar-refractivity contribution in [1.82, 2.24) is 14.8 Å². The van der Waals surface area contributed by atoms with Crippen LogP contribution in [0.3, 0.4) is 0 Å². The molecule has 1 N–H and O–H groups in total. The summed E-state index contributed by atoms with van der Waals surface area (Å²) in [5.41, 5.74) is 5.36. The fourth-order valence-corrected chi connectivity index (χ4v) is 8.86. The number of benzene rings is 1. The molecule has 31 heavy (non-hydrogen) atoms. The lowest BCUT2D eigenvalue weighted by Gasteiger charge is -2.52. The smallest absolute Gasteiger partial charge is 0.214 e. The van der Waals surface area contributed by atoms with Crippen molar-refractivity contribution in [1.29, 1.82) is 0 Å². The average Bonchev–Trinajstić information content (AvgIpc) is 2.78. The maximum Gasteiger partial charge on any atom is 0.214 e. The molecule has 2 aliphatic heterocycles. The Morgan fingerprint density at radius 3 is 2.00 bits per heavy atom. The van der Waals surface area contributed by atoms with Gasteiger partial charge in [-0.2, -0.15) is 5.10 Å². The number of rotatable bonds is 5. The lowest BCUT2D eigenvalue weighted by molar-refractivity contribution is 0.0551. The second-order valence-corrected chi connectivity index (χ2v) is 12.9. The van der Waals surface area contributed by atoms with Crippen LogP contribution in [0.4, 0.5) is 0 Å². The molecule has 0 aromatic heterocycles. The Labute approximate surface area is 192 Å². The summed E-state index contributed by atoms with van der Waals surface area (Å²) in [6.45, 7) is 15.3. The molecule has 0 spiro atoms. The molecule has 3 rings (SSSR count). The summed E-state index contributed by atoms with van der Waals surface area (Å²) >= 11 is 5.69. The minimum atomic E-state index is -2.16. The van der Waals surface area contributed by atoms with E-state index in [9.17, 15) is 0 Å². The number of hydrazone groups is 1. The number of nitrogens with zero attached hydrogens (tertiary/aromatic N) is 4. The van der Waals surface area contributed by atoms with E-state index in [0.717, 1.165) is 64.6 Å². The van der Waals surface area contributed by atoms with Gasteiger partial charge in [-0.1, -0.05) is 52.0 Å². The minimum absolute atomic E-state index is 0.0763. The van der Waals surface area contributed by atoms with E-state index in [1.165, 1.54) is 5.56 Å². The van der Waals surface area contributed by atoms with Gasteiger partial charge in [-0.15, -0.1) is 0 Å². The predicted molar refractivity (Wildman–Crippen MR) is 133 cm³/mol. The van der Waals surface area contributed by atoms with Crippen molar-refractivity contribution >= 4 is 30.9 Å². The van der Waals surface area contributed by atoms with E-state index >= 15 is 0 Å². The van der Waals surface area contributed by atoms with Gasteiger partial charge in [0, 0.05) is 31.3 Å². The van der Waals surface area contributed by atoms with Crippen LogP contribution in [0.5, 0.6) is 0 Å². The van der Waals surface area contributed by atoms with Crippen molar-refractivity contribution in [3.05, 3.63) is 35.4 Å². The van der Waals surface area contributed by atoms with Crippen LogP contribution >= 0.6 is 19.6 Å². The van der Waals surface area contributed by atoms with Crippen molar-refractivity contribution < 1.29 is 9.47 Å². The Morgan fingerprint density at radius 2 is 1.55 bits per heavy atom. The first kappa shape index (κ1) is 24.5. The summed E-state index contributed by atoms with van der Waals surface area (Å²) in [5.74, 6) is 0. The molecule has 2 fully saturated rings. The lowest BCUT2D eigenvalue weighted by Crippen LogP contribution is -2.48. The first-order chi connectivity index (χ1) is 14.9. The van der Waals surface area contributed by atoms with E-state index in [-0.39, 0.29) is 5.16 Å². The second-order valence-electron chi connectivity index (χ2n) is 8.74. The van der Waals surface area contributed by atoms with Crippen LogP contribution in [-0.4, -0.2) is 78.4 Å². The molecule has 172 valence electrons. The van der Waals surface area contributed by atoms with Gasteiger partial charge in [0.15, 0.2) is 0 Å². The fraction of sp³-hybridized carbons (Fsp3) is 0.636. The SMILES string of the molecule is CCc1ccc(/C=N/NC(=S)N=P(N2CCOCC2)(N2CCOCC2)C(C)(C)C)cc1. The Kier molecular flexibility index (Phi) is 8.79. The van der Waals surface area contributed by atoms with Gasteiger partial charge in [0.2, 0.25) is 5.11 Å².